The van der Waals surface area contributed by atoms with Crippen LogP contribution in [0, 0.1) is 0 Å². The largest absolute Gasteiger partial charge is 0.312 e. The molecule has 0 N–H and O–H groups in total. The fourth-order valence-corrected chi connectivity index (χ4v) is 4.19. The maximum absolute atomic E-state index is 4.37. The molecule has 2 aliphatic carbocycles. The molecule has 2 aromatic rings. The quantitative estimate of drug-likeness (QED) is 0.679. The van der Waals surface area contributed by atoms with Gasteiger partial charge >= 0.3 is 0 Å². The van der Waals surface area contributed by atoms with Crippen molar-refractivity contribution in [2.24, 2.45) is 0 Å². The molecule has 2 heteroatoms. The van der Waals surface area contributed by atoms with Crippen LogP contribution >= 0.6 is 0 Å². The van der Waals surface area contributed by atoms with Crippen molar-refractivity contribution in [1.29, 1.82) is 0 Å². The number of hydrogen-bond donors (Lipinski definition) is 0. The van der Waals surface area contributed by atoms with Crippen molar-refractivity contribution in [1.82, 2.24) is 9.55 Å². The highest BCUT2D eigenvalue weighted by Crippen LogP contribution is 2.43. The first kappa shape index (κ1) is 11.6. The molecule has 0 radical (unpaired) electrons. The molecule has 3 heterocycles. The topological polar surface area (TPSA) is 17.8 Å². The highest BCUT2D eigenvalue weighted by atomic mass is 15.0. The minimum atomic E-state index is 1.14. The van der Waals surface area contributed by atoms with E-state index < -0.39 is 0 Å². The molecule has 104 valence electrons. The normalized spacial score (nSPS) is 20.1. The van der Waals surface area contributed by atoms with Gasteiger partial charge in [0.2, 0.25) is 0 Å². The molecule has 21 heavy (non-hydrogen) atoms. The van der Waals surface area contributed by atoms with Crippen LogP contribution in [0.1, 0.15) is 43.4 Å². The fourth-order valence-electron chi connectivity index (χ4n) is 4.19. The molecule has 0 unspecified atom stereocenters. The summed E-state index contributed by atoms with van der Waals surface area (Å²) >= 11 is 0. The molecule has 0 fully saturated rings. The van der Waals surface area contributed by atoms with E-state index in [9.17, 15) is 0 Å². The molecule has 5 rings (SSSR count). The second-order valence-electron chi connectivity index (χ2n) is 6.27. The Hall–Kier alpha value is -2.09. The second-order valence-corrected chi connectivity index (χ2v) is 6.27. The molecule has 3 aliphatic rings. The molecule has 2 aromatic heterocycles. The summed E-state index contributed by atoms with van der Waals surface area (Å²) < 4.78 is 2.55. The Balaban J connectivity index is 1.96. The van der Waals surface area contributed by atoms with Gasteiger partial charge in [-0.15, -0.1) is 0 Å². The molecule has 2 nitrogen and oxygen atoms in total. The lowest BCUT2D eigenvalue weighted by Gasteiger charge is -2.21. The van der Waals surface area contributed by atoms with Crippen molar-refractivity contribution in [2.45, 2.75) is 38.5 Å². The Bertz CT molecular complexity index is 846. The van der Waals surface area contributed by atoms with Crippen LogP contribution in [-0.2, 0) is 6.42 Å². The van der Waals surface area contributed by atoms with Crippen LogP contribution in [-0.4, -0.2) is 9.55 Å². The molecular weight excluding hydrogens is 256 g/mol. The van der Waals surface area contributed by atoms with E-state index in [0.29, 0.717) is 0 Å². The number of nitrogens with zero attached hydrogens (tertiary/aromatic N) is 2. The smallest absolute Gasteiger partial charge is 0.0567 e. The number of fused-ring (bicyclic) bond motifs is 4. The van der Waals surface area contributed by atoms with E-state index in [1.807, 2.05) is 6.20 Å². The zero-order valence-electron chi connectivity index (χ0n) is 12.1. The minimum absolute atomic E-state index is 1.14. The van der Waals surface area contributed by atoms with Gasteiger partial charge in [-0.1, -0.05) is 18.2 Å². The van der Waals surface area contributed by atoms with Crippen molar-refractivity contribution < 1.29 is 0 Å². The number of pyridine rings is 1. The summed E-state index contributed by atoms with van der Waals surface area (Å²) in [5.74, 6) is 0. The Kier molecular flexibility index (Phi) is 2.31. The Labute approximate surface area is 124 Å². The third-order valence-electron chi connectivity index (χ3n) is 5.12. The van der Waals surface area contributed by atoms with E-state index in [0.717, 1.165) is 12.8 Å². The zero-order valence-corrected chi connectivity index (χ0v) is 12.1. The molecule has 0 spiro atoms. The van der Waals surface area contributed by atoms with E-state index in [1.54, 1.807) is 0 Å². The molecule has 0 bridgehead atoms. The Morgan fingerprint density at radius 3 is 3.00 bits per heavy atom. The van der Waals surface area contributed by atoms with E-state index >= 15 is 0 Å². The third kappa shape index (κ3) is 1.50. The summed E-state index contributed by atoms with van der Waals surface area (Å²) in [6, 6.07) is 2.19. The van der Waals surface area contributed by atoms with Crippen LogP contribution in [0.25, 0.3) is 22.2 Å². The SMILES string of the molecule is C1=CC2=C(CCCC2)n2c3c(c4cnccc42)CCC=C13. The van der Waals surface area contributed by atoms with E-state index in [2.05, 4.69) is 40.0 Å². The molecule has 0 saturated carbocycles. The van der Waals surface area contributed by atoms with E-state index in [4.69, 9.17) is 0 Å². The molecule has 0 atom stereocenters. The highest BCUT2D eigenvalue weighted by Gasteiger charge is 2.26. The average molecular weight is 274 g/mol. The van der Waals surface area contributed by atoms with Crippen molar-refractivity contribution in [3.05, 3.63) is 53.5 Å². The van der Waals surface area contributed by atoms with Gasteiger partial charge in [0.15, 0.2) is 0 Å². The highest BCUT2D eigenvalue weighted by molar-refractivity contribution is 5.96. The summed E-state index contributed by atoms with van der Waals surface area (Å²) in [4.78, 5) is 4.37. The van der Waals surface area contributed by atoms with Crippen LogP contribution in [0.3, 0.4) is 0 Å². The third-order valence-corrected chi connectivity index (χ3v) is 5.12. The van der Waals surface area contributed by atoms with Crippen LogP contribution in [0.4, 0.5) is 0 Å². The molecule has 0 saturated heterocycles. The first-order valence-corrected chi connectivity index (χ1v) is 8.02. The number of rotatable bonds is 0. The number of aryl methyl sites for hydroxylation is 1. The van der Waals surface area contributed by atoms with Gasteiger partial charge in [-0.25, -0.2) is 0 Å². The number of aromatic nitrogens is 2. The molecule has 0 amide bonds. The van der Waals surface area contributed by atoms with Crippen molar-refractivity contribution in [2.75, 3.05) is 0 Å². The fraction of sp³-hybridized carbons (Fsp3) is 0.316. The summed E-state index contributed by atoms with van der Waals surface area (Å²) in [7, 11) is 0. The van der Waals surface area contributed by atoms with Gasteiger partial charge in [-0.05, 0) is 61.3 Å². The number of hydrogen-bond acceptors (Lipinski definition) is 1. The lowest BCUT2D eigenvalue weighted by molar-refractivity contribution is 0.703. The Morgan fingerprint density at radius 2 is 2.00 bits per heavy atom. The van der Waals surface area contributed by atoms with Gasteiger partial charge in [-0.3, -0.25) is 4.98 Å². The molecular formula is C19H18N2. The first-order valence-electron chi connectivity index (χ1n) is 8.02. The van der Waals surface area contributed by atoms with Gasteiger partial charge in [0, 0.05) is 23.5 Å². The summed E-state index contributed by atoms with van der Waals surface area (Å²) in [5, 5.41) is 1.35. The first-order chi connectivity index (χ1) is 10.4. The van der Waals surface area contributed by atoms with Gasteiger partial charge in [0.05, 0.1) is 11.2 Å². The van der Waals surface area contributed by atoms with Crippen molar-refractivity contribution >= 4 is 22.2 Å². The lowest BCUT2D eigenvalue weighted by atomic mass is 9.94. The minimum Gasteiger partial charge on any atom is -0.312 e. The van der Waals surface area contributed by atoms with E-state index in [-0.39, 0.29) is 0 Å². The molecule has 1 aliphatic heterocycles. The van der Waals surface area contributed by atoms with Gasteiger partial charge in [-0.2, -0.15) is 0 Å². The van der Waals surface area contributed by atoms with Crippen LogP contribution in [0.15, 0.2) is 42.3 Å². The van der Waals surface area contributed by atoms with Crippen molar-refractivity contribution in [3.63, 3.8) is 0 Å². The summed E-state index contributed by atoms with van der Waals surface area (Å²) in [6.45, 7) is 0. The van der Waals surface area contributed by atoms with Gasteiger partial charge in [0.25, 0.3) is 0 Å². The second kappa shape index (κ2) is 4.20. The maximum Gasteiger partial charge on any atom is 0.0567 e. The Morgan fingerprint density at radius 1 is 1.05 bits per heavy atom. The van der Waals surface area contributed by atoms with Crippen LogP contribution in [0.2, 0.25) is 0 Å². The van der Waals surface area contributed by atoms with Gasteiger partial charge in [0.1, 0.15) is 0 Å². The summed E-state index contributed by atoms with van der Waals surface area (Å²) in [5.41, 5.74) is 8.75. The predicted octanol–water partition coefficient (Wildman–Crippen LogP) is 4.72. The summed E-state index contributed by atoms with van der Waals surface area (Å²) in [6.07, 6.45) is 18.4. The van der Waals surface area contributed by atoms with Crippen LogP contribution < -0.4 is 0 Å². The van der Waals surface area contributed by atoms with Gasteiger partial charge < -0.3 is 4.57 Å². The average Bonchev–Trinajstić information content (AvgIpc) is 2.78. The predicted molar refractivity (Wildman–Crippen MR) is 86.9 cm³/mol. The monoisotopic (exact) mass is 274 g/mol. The van der Waals surface area contributed by atoms with Crippen LogP contribution in [0.5, 0.6) is 0 Å². The standard InChI is InChI=1S/C19H18N2/c1-2-7-17-13(4-1)8-9-14-5-3-6-15-16-12-20-11-10-18(16)21(17)19(14)15/h5,8-12H,1-4,6-7H2. The van der Waals surface area contributed by atoms with E-state index in [1.165, 1.54) is 64.7 Å². The molecule has 0 aromatic carbocycles. The number of allylic oxidation sites excluding steroid dienone is 6. The zero-order chi connectivity index (χ0) is 13.8. The lowest BCUT2D eigenvalue weighted by Crippen LogP contribution is -2.08. The van der Waals surface area contributed by atoms with Crippen molar-refractivity contribution in [3.8, 4) is 0 Å². The maximum atomic E-state index is 4.37.